The molecule has 218 valence electrons. The van der Waals surface area contributed by atoms with Crippen molar-refractivity contribution in [1.29, 1.82) is 0 Å². The molecule has 0 bridgehead atoms. The Hall–Kier alpha value is -2.64. The van der Waals surface area contributed by atoms with Crippen molar-refractivity contribution in [1.82, 2.24) is 0 Å². The molecule has 3 aromatic rings. The molecule has 3 aromatic carbocycles. The standard InChI is InChI=1S/C26H30Cl2NO.C7H8O3S/c1-5-13-26(4)15-22(19-7-6-8-21(28)14-19)24(18-9-11-20(27)12-10-18)29-23(17(2)3)16-30-25(26)29;1-6-2-4-7(5-3-6)11(8,9)10/h5-12,14,17,22-24H,1,13,15-16H2,2-4H3;2-5H,1H3,(H,8,9,10)/q+1;/p-1/t22-,23-,24?,26+;/m1./s1. The highest BCUT2D eigenvalue weighted by atomic mass is 35.5. The molecule has 0 amide bonds. The first-order chi connectivity index (χ1) is 19.3. The van der Waals surface area contributed by atoms with Crippen LogP contribution in [0.4, 0.5) is 0 Å². The number of rotatable bonds is 6. The minimum absolute atomic E-state index is 0.0959. The van der Waals surface area contributed by atoms with Crippen LogP contribution >= 0.6 is 23.2 Å². The molecule has 4 atom stereocenters. The fraction of sp³-hybridized carbons (Fsp3) is 0.364. The van der Waals surface area contributed by atoms with Crippen LogP contribution in [0.25, 0.3) is 0 Å². The number of hydrogen-bond donors (Lipinski definition) is 0. The van der Waals surface area contributed by atoms with E-state index >= 15 is 0 Å². The molecule has 5 nitrogen and oxygen atoms in total. The quantitative estimate of drug-likeness (QED) is 0.160. The van der Waals surface area contributed by atoms with Gasteiger partial charge in [-0.15, -0.1) is 6.58 Å². The van der Waals surface area contributed by atoms with Gasteiger partial charge in [-0.05, 0) is 68.7 Å². The average Bonchev–Trinajstić information content (AvgIpc) is 3.36. The Labute approximate surface area is 254 Å². The third kappa shape index (κ3) is 7.06. The Balaban J connectivity index is 0.000000296. The summed E-state index contributed by atoms with van der Waals surface area (Å²) in [4.78, 5) is -0.178. The molecular formula is C33H37Cl2NO4S. The molecule has 2 aliphatic heterocycles. The molecule has 0 aromatic heterocycles. The van der Waals surface area contributed by atoms with Crippen molar-refractivity contribution in [2.45, 2.75) is 63.4 Å². The summed E-state index contributed by atoms with van der Waals surface area (Å²) in [6, 6.07) is 22.9. The number of halogens is 2. The number of aryl methyl sites for hydroxylation is 1. The van der Waals surface area contributed by atoms with Gasteiger partial charge in [0.05, 0.1) is 16.2 Å². The van der Waals surface area contributed by atoms with Crippen LogP contribution in [0.3, 0.4) is 0 Å². The molecule has 0 N–H and O–H groups in total. The molecule has 41 heavy (non-hydrogen) atoms. The Morgan fingerprint density at radius 2 is 1.71 bits per heavy atom. The number of allylic oxidation sites excluding steroid dienone is 1. The van der Waals surface area contributed by atoms with E-state index in [0.717, 1.165) is 41.0 Å². The first-order valence-corrected chi connectivity index (χ1v) is 15.9. The van der Waals surface area contributed by atoms with E-state index < -0.39 is 10.1 Å². The van der Waals surface area contributed by atoms with Crippen molar-refractivity contribution in [2.24, 2.45) is 11.3 Å². The van der Waals surface area contributed by atoms with Crippen molar-refractivity contribution in [2.75, 3.05) is 6.61 Å². The molecule has 0 fully saturated rings. The molecule has 0 saturated carbocycles. The van der Waals surface area contributed by atoms with E-state index in [0.29, 0.717) is 12.0 Å². The molecule has 0 radical (unpaired) electrons. The normalized spacial score (nSPS) is 23.9. The average molecular weight is 615 g/mol. The second kappa shape index (κ2) is 12.7. The fourth-order valence-electron chi connectivity index (χ4n) is 5.96. The minimum atomic E-state index is -4.27. The number of nitrogens with zero attached hydrogens (tertiary/aromatic N) is 1. The Kier molecular flexibility index (Phi) is 9.70. The van der Waals surface area contributed by atoms with Gasteiger partial charge in [0.25, 0.3) is 0 Å². The summed E-state index contributed by atoms with van der Waals surface area (Å²) in [5.74, 6) is 1.87. The topological polar surface area (TPSA) is 69.4 Å². The second-order valence-electron chi connectivity index (χ2n) is 11.5. The zero-order valence-electron chi connectivity index (χ0n) is 23.9. The molecule has 0 aliphatic carbocycles. The van der Waals surface area contributed by atoms with Gasteiger partial charge >= 0.3 is 5.90 Å². The monoisotopic (exact) mass is 613 g/mol. The van der Waals surface area contributed by atoms with Gasteiger partial charge in [0.1, 0.15) is 10.1 Å². The molecule has 2 aliphatic rings. The van der Waals surface area contributed by atoms with E-state index in [1.54, 1.807) is 12.1 Å². The maximum Gasteiger partial charge on any atom is 0.343 e. The van der Waals surface area contributed by atoms with Gasteiger partial charge in [0.15, 0.2) is 18.7 Å². The summed E-state index contributed by atoms with van der Waals surface area (Å²) >= 11 is 12.7. The van der Waals surface area contributed by atoms with Crippen LogP contribution in [-0.4, -0.2) is 36.1 Å². The van der Waals surface area contributed by atoms with Gasteiger partial charge in [-0.1, -0.05) is 85.1 Å². The molecule has 5 rings (SSSR count). The maximum atomic E-state index is 10.4. The third-order valence-corrected chi connectivity index (χ3v) is 9.35. The molecular weight excluding hydrogens is 577 g/mol. The summed E-state index contributed by atoms with van der Waals surface area (Å²) in [6.07, 6.45) is 3.88. The van der Waals surface area contributed by atoms with E-state index in [1.165, 1.54) is 23.3 Å². The first kappa shape index (κ1) is 31.3. The van der Waals surface area contributed by atoms with Crippen molar-refractivity contribution in [3.8, 4) is 0 Å². The predicted octanol–water partition coefficient (Wildman–Crippen LogP) is 8.17. The zero-order chi connectivity index (χ0) is 29.9. The van der Waals surface area contributed by atoms with Crippen molar-refractivity contribution >= 4 is 39.2 Å². The Morgan fingerprint density at radius 1 is 1.05 bits per heavy atom. The Bertz CT molecular complexity index is 1520. The van der Waals surface area contributed by atoms with Crippen LogP contribution in [-0.2, 0) is 14.9 Å². The van der Waals surface area contributed by atoms with Gasteiger partial charge in [-0.3, -0.25) is 0 Å². The Morgan fingerprint density at radius 3 is 2.27 bits per heavy atom. The van der Waals surface area contributed by atoms with Crippen molar-refractivity contribution in [3.05, 3.63) is 112 Å². The van der Waals surface area contributed by atoms with E-state index in [1.807, 2.05) is 31.2 Å². The second-order valence-corrected chi connectivity index (χ2v) is 13.8. The highest BCUT2D eigenvalue weighted by molar-refractivity contribution is 7.85. The van der Waals surface area contributed by atoms with Gasteiger partial charge in [-0.2, -0.15) is 4.58 Å². The van der Waals surface area contributed by atoms with Crippen LogP contribution in [0, 0.1) is 18.3 Å². The molecule has 8 heteroatoms. The first-order valence-electron chi connectivity index (χ1n) is 13.8. The third-order valence-electron chi connectivity index (χ3n) is 8.01. The van der Waals surface area contributed by atoms with Crippen molar-refractivity contribution < 1.29 is 22.3 Å². The fourth-order valence-corrected chi connectivity index (χ4v) is 6.76. The van der Waals surface area contributed by atoms with Gasteiger partial charge in [-0.25, -0.2) is 8.42 Å². The van der Waals surface area contributed by atoms with E-state index in [-0.39, 0.29) is 22.3 Å². The van der Waals surface area contributed by atoms with Gasteiger partial charge < -0.3 is 9.29 Å². The van der Waals surface area contributed by atoms with Crippen LogP contribution in [0.2, 0.25) is 10.0 Å². The SMILES string of the molecule is C=CC[C@@]1(C)C[C@H](c2cccc(Cl)c2)C(c2ccc(Cl)cc2)[N+]2=C1OC[C@@H]2C(C)C.Cc1ccc(S(=O)(=O)[O-])cc1. The molecule has 0 saturated heterocycles. The highest BCUT2D eigenvalue weighted by Gasteiger charge is 2.57. The van der Waals surface area contributed by atoms with E-state index in [9.17, 15) is 13.0 Å². The van der Waals surface area contributed by atoms with E-state index in [4.69, 9.17) is 27.9 Å². The zero-order valence-corrected chi connectivity index (χ0v) is 26.2. The summed E-state index contributed by atoms with van der Waals surface area (Å²) in [6.45, 7) is 13.5. The summed E-state index contributed by atoms with van der Waals surface area (Å²) in [7, 11) is -4.27. The molecule has 2 heterocycles. The summed E-state index contributed by atoms with van der Waals surface area (Å²) in [5, 5.41) is 1.54. The summed E-state index contributed by atoms with van der Waals surface area (Å²) in [5.41, 5.74) is 3.36. The lowest BCUT2D eigenvalue weighted by Crippen LogP contribution is -2.46. The smallest absolute Gasteiger partial charge is 0.343 e. The van der Waals surface area contributed by atoms with E-state index in [2.05, 4.69) is 62.3 Å². The summed E-state index contributed by atoms with van der Waals surface area (Å²) < 4.78 is 40.2. The lowest BCUT2D eigenvalue weighted by Gasteiger charge is -2.39. The van der Waals surface area contributed by atoms with Gasteiger partial charge in [0, 0.05) is 21.5 Å². The van der Waals surface area contributed by atoms with Crippen LogP contribution in [0.15, 0.2) is 90.3 Å². The van der Waals surface area contributed by atoms with Crippen LogP contribution in [0.5, 0.6) is 0 Å². The predicted molar refractivity (Wildman–Crippen MR) is 165 cm³/mol. The number of hydrogen-bond acceptors (Lipinski definition) is 4. The lowest BCUT2D eigenvalue weighted by atomic mass is 9.69. The highest BCUT2D eigenvalue weighted by Crippen LogP contribution is 2.51. The minimum Gasteiger partial charge on any atom is -0.744 e. The molecule has 0 spiro atoms. The largest absolute Gasteiger partial charge is 0.744 e. The number of benzene rings is 3. The molecule has 1 unspecified atom stereocenters. The number of ether oxygens (including phenoxy) is 1. The lowest BCUT2D eigenvalue weighted by molar-refractivity contribution is -0.616. The van der Waals surface area contributed by atoms with Crippen LogP contribution < -0.4 is 0 Å². The van der Waals surface area contributed by atoms with Crippen molar-refractivity contribution in [3.63, 3.8) is 0 Å². The van der Waals surface area contributed by atoms with Crippen LogP contribution in [0.1, 0.15) is 62.3 Å². The maximum absolute atomic E-state index is 10.4. The van der Waals surface area contributed by atoms with Gasteiger partial charge in [0.2, 0.25) is 0 Å².